The molecule has 0 aliphatic rings. The predicted octanol–water partition coefficient (Wildman–Crippen LogP) is 1.37. The summed E-state index contributed by atoms with van der Waals surface area (Å²) in [7, 11) is 4.11. The minimum atomic E-state index is -0.328. The minimum absolute atomic E-state index is 0.237. The number of hydrogen-bond donors (Lipinski definition) is 2. The Labute approximate surface area is 167 Å². The first-order valence-corrected chi connectivity index (χ1v) is 9.98. The molecule has 1 heterocycles. The molecular formula is C22H23N3O2S. The average Bonchev–Trinajstić information content (AvgIpc) is 2.68. The number of benzene rings is 2. The summed E-state index contributed by atoms with van der Waals surface area (Å²) < 4.78 is 0. The second kappa shape index (κ2) is 9.39. The van der Waals surface area contributed by atoms with Crippen LogP contribution in [0.4, 0.5) is 0 Å². The fourth-order valence-electron chi connectivity index (χ4n) is 2.59. The first-order chi connectivity index (χ1) is 13.5. The lowest BCUT2D eigenvalue weighted by atomic mass is 10.2. The summed E-state index contributed by atoms with van der Waals surface area (Å²) >= 11 is 1.79. The van der Waals surface area contributed by atoms with Crippen LogP contribution in [0, 0.1) is 0 Å². The molecule has 28 heavy (non-hydrogen) atoms. The number of thioether (sulfide) groups is 1. The maximum atomic E-state index is 12.4. The number of aromatic amines is 2. The Morgan fingerprint density at radius 2 is 1.36 bits per heavy atom. The lowest BCUT2D eigenvalue weighted by molar-refractivity contribution is 0.437. The molecule has 0 aliphatic carbocycles. The van der Waals surface area contributed by atoms with Gasteiger partial charge in [0.2, 0.25) is 0 Å². The van der Waals surface area contributed by atoms with Gasteiger partial charge in [0.25, 0.3) is 11.1 Å². The van der Waals surface area contributed by atoms with Crippen LogP contribution >= 0.6 is 11.8 Å². The number of hydrogen-bond acceptors (Lipinski definition) is 4. The Kier molecular flexibility index (Phi) is 6.68. The van der Waals surface area contributed by atoms with E-state index in [-0.39, 0.29) is 21.8 Å². The topological polar surface area (TPSA) is 69.0 Å². The predicted molar refractivity (Wildman–Crippen MR) is 116 cm³/mol. The van der Waals surface area contributed by atoms with E-state index < -0.39 is 0 Å². The Morgan fingerprint density at radius 1 is 0.821 bits per heavy atom. The van der Waals surface area contributed by atoms with E-state index in [0.29, 0.717) is 0 Å². The number of nitrogens with one attached hydrogen (secondary N) is 2. The van der Waals surface area contributed by atoms with Gasteiger partial charge in [0, 0.05) is 17.2 Å². The van der Waals surface area contributed by atoms with Crippen LogP contribution < -0.4 is 21.8 Å². The van der Waals surface area contributed by atoms with Crippen LogP contribution in [0.15, 0.2) is 69.1 Å². The van der Waals surface area contributed by atoms with Gasteiger partial charge in [-0.05, 0) is 49.5 Å². The molecule has 0 aliphatic heterocycles. The largest absolute Gasteiger partial charge is 0.316 e. The number of nitrogens with zero attached hydrogens (tertiary/aromatic N) is 1. The Balaban J connectivity index is 1.85. The molecule has 5 nitrogen and oxygen atoms in total. The van der Waals surface area contributed by atoms with E-state index in [1.165, 1.54) is 4.90 Å². The summed E-state index contributed by atoms with van der Waals surface area (Å²) in [6.07, 6.45) is 3.34. The highest BCUT2D eigenvalue weighted by atomic mass is 32.2. The third kappa shape index (κ3) is 5.58. The highest BCUT2D eigenvalue weighted by Crippen LogP contribution is 2.18. The van der Waals surface area contributed by atoms with Gasteiger partial charge in [-0.1, -0.05) is 42.5 Å². The summed E-state index contributed by atoms with van der Waals surface area (Å²) in [5.74, 6) is 1.02. The van der Waals surface area contributed by atoms with Gasteiger partial charge in [0.05, 0.1) is 0 Å². The van der Waals surface area contributed by atoms with Crippen molar-refractivity contribution in [3.63, 3.8) is 0 Å². The van der Waals surface area contributed by atoms with Crippen molar-refractivity contribution >= 4 is 23.9 Å². The van der Waals surface area contributed by atoms with Gasteiger partial charge in [-0.2, -0.15) is 0 Å². The van der Waals surface area contributed by atoms with Crippen molar-refractivity contribution in [3.8, 4) is 0 Å². The SMILES string of the molecule is CN(C)CCSc1ccc(/C=c2\[nH]c(=O)/c(=C\c3ccccc3)[nH]c2=O)cc1. The molecule has 0 spiro atoms. The second-order valence-electron chi connectivity index (χ2n) is 6.66. The molecule has 144 valence electrons. The van der Waals surface area contributed by atoms with Crippen molar-refractivity contribution in [2.24, 2.45) is 0 Å². The minimum Gasteiger partial charge on any atom is -0.316 e. The fourth-order valence-corrected chi connectivity index (χ4v) is 3.61. The quantitative estimate of drug-likeness (QED) is 0.621. The van der Waals surface area contributed by atoms with Gasteiger partial charge in [0.15, 0.2) is 0 Å². The van der Waals surface area contributed by atoms with Gasteiger partial charge in [0.1, 0.15) is 10.7 Å². The zero-order valence-corrected chi connectivity index (χ0v) is 16.8. The molecule has 0 bridgehead atoms. The molecule has 3 rings (SSSR count). The van der Waals surface area contributed by atoms with E-state index in [4.69, 9.17) is 0 Å². The second-order valence-corrected chi connectivity index (χ2v) is 7.82. The lowest BCUT2D eigenvalue weighted by Gasteiger charge is -2.08. The first-order valence-electron chi connectivity index (χ1n) is 9.00. The van der Waals surface area contributed by atoms with Crippen molar-refractivity contribution in [1.29, 1.82) is 0 Å². The van der Waals surface area contributed by atoms with Crippen molar-refractivity contribution in [2.75, 3.05) is 26.4 Å². The van der Waals surface area contributed by atoms with Gasteiger partial charge in [-0.25, -0.2) is 0 Å². The smallest absolute Gasteiger partial charge is 0.272 e. The molecule has 3 aromatic rings. The summed E-state index contributed by atoms with van der Waals surface area (Å²) in [6, 6.07) is 17.3. The van der Waals surface area contributed by atoms with Crippen LogP contribution in [0.5, 0.6) is 0 Å². The Morgan fingerprint density at radius 3 is 1.89 bits per heavy atom. The highest BCUT2D eigenvalue weighted by Gasteiger charge is 1.99. The summed E-state index contributed by atoms with van der Waals surface area (Å²) in [5, 5.41) is 0.476. The average molecular weight is 394 g/mol. The number of aromatic nitrogens is 2. The Bertz CT molecular complexity index is 1150. The van der Waals surface area contributed by atoms with Crippen LogP contribution in [0.1, 0.15) is 11.1 Å². The lowest BCUT2D eigenvalue weighted by Crippen LogP contribution is -2.46. The molecule has 0 saturated carbocycles. The molecule has 0 fully saturated rings. The maximum Gasteiger partial charge on any atom is 0.272 e. The van der Waals surface area contributed by atoms with E-state index in [1.807, 2.05) is 54.6 Å². The molecule has 1 aromatic heterocycles. The fraction of sp³-hybridized carbons (Fsp3) is 0.182. The monoisotopic (exact) mass is 393 g/mol. The van der Waals surface area contributed by atoms with Gasteiger partial charge < -0.3 is 14.9 Å². The summed E-state index contributed by atoms with van der Waals surface area (Å²) in [6.45, 7) is 1.02. The molecule has 2 N–H and O–H groups in total. The summed E-state index contributed by atoms with van der Waals surface area (Å²) in [5.41, 5.74) is 1.05. The van der Waals surface area contributed by atoms with E-state index in [1.54, 1.807) is 23.9 Å². The standard InChI is InChI=1S/C22H23N3O2S/c1-25(2)12-13-28-18-10-8-17(9-11-18)15-20-22(27)23-19(21(26)24-20)14-16-6-4-3-5-7-16/h3-11,14-15H,12-13H2,1-2H3,(H,23,27)(H,24,26)/b19-14+,20-15-. The van der Waals surface area contributed by atoms with Crippen molar-refractivity contribution < 1.29 is 0 Å². The summed E-state index contributed by atoms with van der Waals surface area (Å²) in [4.78, 5) is 33.4. The third-order valence-corrected chi connectivity index (χ3v) is 5.09. The zero-order chi connectivity index (χ0) is 19.9. The molecular weight excluding hydrogens is 370 g/mol. The molecule has 0 radical (unpaired) electrons. The highest BCUT2D eigenvalue weighted by molar-refractivity contribution is 7.99. The maximum absolute atomic E-state index is 12.4. The van der Waals surface area contributed by atoms with Crippen LogP contribution in [0.3, 0.4) is 0 Å². The molecule has 0 atom stereocenters. The third-order valence-electron chi connectivity index (χ3n) is 4.09. The van der Waals surface area contributed by atoms with Crippen LogP contribution in [0.25, 0.3) is 12.2 Å². The van der Waals surface area contributed by atoms with Crippen molar-refractivity contribution in [1.82, 2.24) is 14.9 Å². The van der Waals surface area contributed by atoms with Gasteiger partial charge in [-0.3, -0.25) is 9.59 Å². The molecule has 0 amide bonds. The van der Waals surface area contributed by atoms with Gasteiger partial charge in [-0.15, -0.1) is 11.8 Å². The van der Waals surface area contributed by atoms with E-state index in [0.717, 1.165) is 23.4 Å². The normalized spacial score (nSPS) is 12.7. The first kappa shape index (κ1) is 19.9. The molecule has 0 saturated heterocycles. The molecule has 0 unspecified atom stereocenters. The van der Waals surface area contributed by atoms with Crippen molar-refractivity contribution in [3.05, 3.63) is 97.1 Å². The van der Waals surface area contributed by atoms with Crippen molar-refractivity contribution in [2.45, 2.75) is 4.90 Å². The van der Waals surface area contributed by atoms with Crippen LogP contribution in [-0.2, 0) is 0 Å². The van der Waals surface area contributed by atoms with Crippen LogP contribution in [0.2, 0.25) is 0 Å². The number of rotatable bonds is 6. The number of H-pyrrole nitrogens is 2. The molecule has 2 aromatic carbocycles. The van der Waals surface area contributed by atoms with E-state index in [2.05, 4.69) is 29.0 Å². The van der Waals surface area contributed by atoms with Gasteiger partial charge >= 0.3 is 0 Å². The zero-order valence-electron chi connectivity index (χ0n) is 15.9. The van der Waals surface area contributed by atoms with E-state index >= 15 is 0 Å². The molecule has 6 heteroatoms. The van der Waals surface area contributed by atoms with E-state index in [9.17, 15) is 9.59 Å². The van der Waals surface area contributed by atoms with Crippen LogP contribution in [-0.4, -0.2) is 41.3 Å². The Hall–Kier alpha value is -2.83.